The number of aromatic amines is 1. The molecule has 1 aliphatic heterocycles. The highest BCUT2D eigenvalue weighted by Crippen LogP contribution is 2.30. The van der Waals surface area contributed by atoms with Gasteiger partial charge in [0.25, 0.3) is 5.56 Å². The molecule has 2 aromatic carbocycles. The molecule has 7 nitrogen and oxygen atoms in total. The number of H-pyrrole nitrogens is 1. The summed E-state index contributed by atoms with van der Waals surface area (Å²) >= 11 is 0. The molecule has 0 radical (unpaired) electrons. The van der Waals surface area contributed by atoms with Gasteiger partial charge in [0, 0.05) is 36.3 Å². The molecule has 0 amide bonds. The first-order valence-electron chi connectivity index (χ1n) is 12.3. The maximum Gasteiger partial charge on any atom is 0.270 e. The molecule has 0 fully saturated rings. The van der Waals surface area contributed by atoms with E-state index < -0.39 is 0 Å². The van der Waals surface area contributed by atoms with Crippen molar-refractivity contribution < 1.29 is 0 Å². The SMILES string of the molecule is CCCCc1c(Cc2ccc(-c3ccccc3-c3nn[nH]n3)cc2)c(=O)n2n1CC(C)C(C)C2. The molecule has 1 aliphatic rings. The van der Waals surface area contributed by atoms with E-state index in [4.69, 9.17) is 0 Å². The highest BCUT2D eigenvalue weighted by Gasteiger charge is 2.28. The van der Waals surface area contributed by atoms with Crippen LogP contribution in [0.5, 0.6) is 0 Å². The summed E-state index contributed by atoms with van der Waals surface area (Å²) in [5.74, 6) is 1.68. The van der Waals surface area contributed by atoms with Crippen molar-refractivity contribution in [2.45, 2.75) is 59.5 Å². The Morgan fingerprint density at radius 3 is 2.35 bits per heavy atom. The molecule has 1 N–H and O–H groups in total. The third-order valence-corrected chi connectivity index (χ3v) is 7.26. The molecule has 176 valence electrons. The summed E-state index contributed by atoms with van der Waals surface area (Å²) in [6.07, 6.45) is 3.86. The summed E-state index contributed by atoms with van der Waals surface area (Å²) in [5, 5.41) is 14.5. The highest BCUT2D eigenvalue weighted by molar-refractivity contribution is 5.80. The molecule has 4 aromatic rings. The number of fused-ring (bicyclic) bond motifs is 1. The molecule has 2 atom stereocenters. The first-order chi connectivity index (χ1) is 16.6. The van der Waals surface area contributed by atoms with Crippen LogP contribution < -0.4 is 5.56 Å². The van der Waals surface area contributed by atoms with Crippen LogP contribution in [0.4, 0.5) is 0 Å². The number of hydrogen-bond donors (Lipinski definition) is 1. The van der Waals surface area contributed by atoms with Crippen LogP contribution in [-0.2, 0) is 25.9 Å². The van der Waals surface area contributed by atoms with Crippen molar-refractivity contribution >= 4 is 0 Å². The lowest BCUT2D eigenvalue weighted by atomic mass is 9.94. The molecular weight excluding hydrogens is 424 g/mol. The second-order valence-electron chi connectivity index (χ2n) is 9.61. The molecular formula is C27H32N6O. The standard InChI is InChI=1S/C27H32N6O/c1-4-5-10-25-24(27(34)33-17-19(3)18(2)16-32(25)33)15-20-11-13-21(14-12-20)22-8-6-7-9-23(22)26-28-30-31-29-26/h6-9,11-14,18-19H,4-5,10,15-17H2,1-3H3,(H,28,29,30,31). The number of nitrogens with zero attached hydrogens (tertiary/aromatic N) is 5. The van der Waals surface area contributed by atoms with Crippen molar-refractivity contribution in [2.75, 3.05) is 0 Å². The van der Waals surface area contributed by atoms with Crippen molar-refractivity contribution in [3.8, 4) is 22.5 Å². The fourth-order valence-electron chi connectivity index (χ4n) is 5.00. The van der Waals surface area contributed by atoms with E-state index in [0.29, 0.717) is 24.1 Å². The molecule has 0 bridgehead atoms. The van der Waals surface area contributed by atoms with Gasteiger partial charge in [-0.25, -0.2) is 4.68 Å². The van der Waals surface area contributed by atoms with Crippen molar-refractivity contribution in [1.82, 2.24) is 30.0 Å². The van der Waals surface area contributed by atoms with Crippen LogP contribution in [0.3, 0.4) is 0 Å². The molecule has 34 heavy (non-hydrogen) atoms. The van der Waals surface area contributed by atoms with Crippen LogP contribution >= 0.6 is 0 Å². The minimum Gasteiger partial charge on any atom is -0.286 e. The van der Waals surface area contributed by atoms with E-state index in [9.17, 15) is 4.79 Å². The number of rotatable bonds is 7. The predicted octanol–water partition coefficient (Wildman–Crippen LogP) is 4.72. The second-order valence-corrected chi connectivity index (χ2v) is 9.61. The third-order valence-electron chi connectivity index (χ3n) is 7.26. The smallest absolute Gasteiger partial charge is 0.270 e. The van der Waals surface area contributed by atoms with Gasteiger partial charge >= 0.3 is 0 Å². The van der Waals surface area contributed by atoms with E-state index >= 15 is 0 Å². The Bertz CT molecular complexity index is 1320. The lowest BCUT2D eigenvalue weighted by molar-refractivity contribution is 0.195. The van der Waals surface area contributed by atoms with Gasteiger partial charge in [-0.1, -0.05) is 75.7 Å². The van der Waals surface area contributed by atoms with E-state index in [-0.39, 0.29) is 5.56 Å². The zero-order valence-corrected chi connectivity index (χ0v) is 20.2. The Hall–Kier alpha value is -3.48. The number of aromatic nitrogens is 6. The second kappa shape index (κ2) is 9.41. The number of hydrogen-bond acceptors (Lipinski definition) is 4. The van der Waals surface area contributed by atoms with Crippen LogP contribution in [-0.4, -0.2) is 30.0 Å². The minimum atomic E-state index is 0.191. The molecule has 0 aliphatic carbocycles. The van der Waals surface area contributed by atoms with Gasteiger partial charge < -0.3 is 0 Å². The van der Waals surface area contributed by atoms with Gasteiger partial charge in [0.1, 0.15) is 0 Å². The number of unbranched alkanes of at least 4 members (excludes halogenated alkanes) is 1. The summed E-state index contributed by atoms with van der Waals surface area (Å²) in [7, 11) is 0. The molecule has 2 aromatic heterocycles. The van der Waals surface area contributed by atoms with E-state index in [0.717, 1.165) is 60.2 Å². The largest absolute Gasteiger partial charge is 0.286 e. The zero-order valence-electron chi connectivity index (χ0n) is 20.2. The molecule has 0 saturated heterocycles. The van der Waals surface area contributed by atoms with Gasteiger partial charge in [0.2, 0.25) is 5.82 Å². The summed E-state index contributed by atoms with van der Waals surface area (Å²) in [6, 6.07) is 16.6. The minimum absolute atomic E-state index is 0.191. The number of nitrogens with one attached hydrogen (secondary N) is 1. The summed E-state index contributed by atoms with van der Waals surface area (Å²) in [6.45, 7) is 8.50. The Morgan fingerprint density at radius 1 is 0.971 bits per heavy atom. The first kappa shape index (κ1) is 22.3. The zero-order chi connectivity index (χ0) is 23.7. The van der Waals surface area contributed by atoms with Gasteiger partial charge in [-0.05, 0) is 46.6 Å². The van der Waals surface area contributed by atoms with Gasteiger partial charge in [0.15, 0.2) is 0 Å². The van der Waals surface area contributed by atoms with E-state index in [1.54, 1.807) is 0 Å². The topological polar surface area (TPSA) is 81.4 Å². The summed E-state index contributed by atoms with van der Waals surface area (Å²) in [4.78, 5) is 13.4. The first-order valence-corrected chi connectivity index (χ1v) is 12.3. The molecule has 2 unspecified atom stereocenters. The average molecular weight is 457 g/mol. The van der Waals surface area contributed by atoms with E-state index in [1.165, 1.54) is 5.69 Å². The van der Waals surface area contributed by atoms with Crippen LogP contribution in [0, 0.1) is 11.8 Å². The van der Waals surface area contributed by atoms with E-state index in [2.05, 4.69) is 76.4 Å². The maximum atomic E-state index is 13.4. The predicted molar refractivity (Wildman–Crippen MR) is 133 cm³/mol. The number of benzene rings is 2. The molecule has 7 heteroatoms. The van der Waals surface area contributed by atoms with E-state index in [1.807, 2.05) is 22.9 Å². The van der Waals surface area contributed by atoms with Gasteiger partial charge in [-0.2, -0.15) is 5.21 Å². The van der Waals surface area contributed by atoms with Gasteiger partial charge in [0.05, 0.1) is 0 Å². The normalized spacial score (nSPS) is 17.6. The lowest BCUT2D eigenvalue weighted by Crippen LogP contribution is -2.36. The number of tetrazole rings is 1. The quantitative estimate of drug-likeness (QED) is 0.436. The Kier molecular flexibility index (Phi) is 6.18. The fraction of sp³-hybridized carbons (Fsp3) is 0.407. The van der Waals surface area contributed by atoms with Crippen LogP contribution in [0.1, 0.15) is 50.4 Å². The van der Waals surface area contributed by atoms with Crippen molar-refractivity contribution in [2.24, 2.45) is 11.8 Å². The molecule has 0 saturated carbocycles. The summed E-state index contributed by atoms with van der Waals surface area (Å²) < 4.78 is 4.29. The molecule has 0 spiro atoms. The van der Waals surface area contributed by atoms with Crippen molar-refractivity contribution in [3.63, 3.8) is 0 Å². The maximum absolute atomic E-state index is 13.4. The van der Waals surface area contributed by atoms with Crippen molar-refractivity contribution in [3.05, 3.63) is 75.7 Å². The molecule has 5 rings (SSSR count). The van der Waals surface area contributed by atoms with Crippen LogP contribution in [0.2, 0.25) is 0 Å². The molecule has 3 heterocycles. The van der Waals surface area contributed by atoms with Crippen LogP contribution in [0.15, 0.2) is 53.3 Å². The lowest BCUT2D eigenvalue weighted by Gasteiger charge is -2.30. The Labute approximate surface area is 199 Å². The average Bonchev–Trinajstić information content (AvgIpc) is 3.47. The van der Waals surface area contributed by atoms with Crippen LogP contribution in [0.25, 0.3) is 22.5 Å². The monoisotopic (exact) mass is 456 g/mol. The Balaban J connectivity index is 1.47. The van der Waals surface area contributed by atoms with Gasteiger partial charge in [-0.15, -0.1) is 10.2 Å². The van der Waals surface area contributed by atoms with Crippen molar-refractivity contribution in [1.29, 1.82) is 0 Å². The Morgan fingerprint density at radius 2 is 1.68 bits per heavy atom. The van der Waals surface area contributed by atoms with Gasteiger partial charge in [-0.3, -0.25) is 9.48 Å². The summed E-state index contributed by atoms with van der Waals surface area (Å²) in [5.41, 5.74) is 6.63. The third kappa shape index (κ3) is 4.11. The fourth-order valence-corrected chi connectivity index (χ4v) is 5.00. The highest BCUT2D eigenvalue weighted by atomic mass is 16.1.